The molecule has 0 heterocycles. The van der Waals surface area contributed by atoms with Crippen molar-refractivity contribution < 1.29 is 14.3 Å². The van der Waals surface area contributed by atoms with Crippen molar-refractivity contribution in [1.29, 1.82) is 0 Å². The Balaban J connectivity index is 4.08. The standard InChI is InChI=1S/C12H22N2O3/c1-8(2)7-13-10(15)9(3)14-11(16)17-12(4,5)6/h9H,1,7H2,2-6H3,(H,13,15)(H,14,16). The van der Waals surface area contributed by atoms with Crippen LogP contribution in [0.5, 0.6) is 0 Å². The Morgan fingerprint density at radius 1 is 1.35 bits per heavy atom. The van der Waals surface area contributed by atoms with Crippen molar-refractivity contribution in [3.63, 3.8) is 0 Å². The minimum Gasteiger partial charge on any atom is -0.444 e. The predicted octanol–water partition coefficient (Wildman–Crippen LogP) is 1.59. The van der Waals surface area contributed by atoms with E-state index in [1.54, 1.807) is 27.7 Å². The first-order chi connectivity index (χ1) is 7.61. The van der Waals surface area contributed by atoms with Gasteiger partial charge in [-0.25, -0.2) is 4.79 Å². The summed E-state index contributed by atoms with van der Waals surface area (Å²) in [6.07, 6.45) is -0.601. The monoisotopic (exact) mass is 242 g/mol. The second kappa shape index (κ2) is 6.27. The molecule has 0 saturated heterocycles. The summed E-state index contributed by atoms with van der Waals surface area (Å²) in [4.78, 5) is 22.9. The number of amides is 2. The van der Waals surface area contributed by atoms with Gasteiger partial charge in [0.05, 0.1) is 0 Å². The van der Waals surface area contributed by atoms with E-state index in [0.29, 0.717) is 6.54 Å². The van der Waals surface area contributed by atoms with Gasteiger partial charge in [-0.3, -0.25) is 4.79 Å². The molecule has 17 heavy (non-hydrogen) atoms. The molecule has 0 fully saturated rings. The van der Waals surface area contributed by atoms with Crippen LogP contribution in [0.1, 0.15) is 34.6 Å². The van der Waals surface area contributed by atoms with E-state index < -0.39 is 17.7 Å². The molecule has 5 nitrogen and oxygen atoms in total. The number of carbonyl (C=O) groups excluding carboxylic acids is 2. The van der Waals surface area contributed by atoms with E-state index in [2.05, 4.69) is 17.2 Å². The van der Waals surface area contributed by atoms with Crippen LogP contribution in [0.4, 0.5) is 4.79 Å². The molecule has 5 heteroatoms. The Bertz CT molecular complexity index is 305. The van der Waals surface area contributed by atoms with Gasteiger partial charge in [-0.1, -0.05) is 12.2 Å². The molecule has 0 rings (SSSR count). The van der Waals surface area contributed by atoms with E-state index in [9.17, 15) is 9.59 Å². The third kappa shape index (κ3) is 8.30. The van der Waals surface area contributed by atoms with E-state index in [1.807, 2.05) is 6.92 Å². The van der Waals surface area contributed by atoms with Gasteiger partial charge in [0.15, 0.2) is 0 Å². The summed E-state index contributed by atoms with van der Waals surface area (Å²) in [7, 11) is 0. The molecule has 0 radical (unpaired) electrons. The van der Waals surface area contributed by atoms with Gasteiger partial charge >= 0.3 is 6.09 Å². The number of hydrogen-bond acceptors (Lipinski definition) is 3. The molecule has 0 aromatic heterocycles. The molecular weight excluding hydrogens is 220 g/mol. The smallest absolute Gasteiger partial charge is 0.408 e. The maximum atomic E-state index is 11.5. The molecule has 1 unspecified atom stereocenters. The van der Waals surface area contributed by atoms with Crippen LogP contribution in [0, 0.1) is 0 Å². The number of rotatable bonds is 4. The van der Waals surface area contributed by atoms with Crippen LogP contribution in [0.25, 0.3) is 0 Å². The summed E-state index contributed by atoms with van der Waals surface area (Å²) in [5, 5.41) is 5.10. The molecular formula is C12H22N2O3. The van der Waals surface area contributed by atoms with Gasteiger partial charge in [-0.05, 0) is 34.6 Å². The molecule has 0 spiro atoms. The summed E-state index contributed by atoms with van der Waals surface area (Å²) in [6, 6.07) is -0.635. The molecule has 0 aromatic rings. The van der Waals surface area contributed by atoms with Gasteiger partial charge < -0.3 is 15.4 Å². The zero-order valence-electron chi connectivity index (χ0n) is 11.2. The Labute approximate surface area is 103 Å². The molecule has 0 aliphatic heterocycles. The number of ether oxygens (including phenoxy) is 1. The number of hydrogen-bond donors (Lipinski definition) is 2. The van der Waals surface area contributed by atoms with E-state index in [1.165, 1.54) is 0 Å². The van der Waals surface area contributed by atoms with Crippen molar-refractivity contribution in [3.8, 4) is 0 Å². The first kappa shape index (κ1) is 15.5. The topological polar surface area (TPSA) is 67.4 Å². The Hall–Kier alpha value is -1.52. The van der Waals surface area contributed by atoms with Crippen LogP contribution < -0.4 is 10.6 Å². The maximum Gasteiger partial charge on any atom is 0.408 e. The van der Waals surface area contributed by atoms with Crippen LogP contribution in [0.15, 0.2) is 12.2 Å². The summed E-state index contributed by atoms with van der Waals surface area (Å²) in [6.45, 7) is 12.8. The first-order valence-corrected chi connectivity index (χ1v) is 5.53. The van der Waals surface area contributed by atoms with Crippen molar-refractivity contribution in [3.05, 3.63) is 12.2 Å². The average molecular weight is 242 g/mol. The summed E-state index contributed by atoms with van der Waals surface area (Å²) in [5.74, 6) is -0.265. The van der Waals surface area contributed by atoms with Crippen molar-refractivity contribution in [2.24, 2.45) is 0 Å². The average Bonchev–Trinajstić information content (AvgIpc) is 2.10. The highest BCUT2D eigenvalue weighted by atomic mass is 16.6. The third-order valence-electron chi connectivity index (χ3n) is 1.69. The Morgan fingerprint density at radius 2 is 1.88 bits per heavy atom. The van der Waals surface area contributed by atoms with Crippen molar-refractivity contribution in [2.45, 2.75) is 46.3 Å². The fourth-order valence-electron chi connectivity index (χ4n) is 0.941. The molecule has 0 aromatic carbocycles. The molecule has 1 atom stereocenters. The first-order valence-electron chi connectivity index (χ1n) is 5.53. The predicted molar refractivity (Wildman–Crippen MR) is 66.7 cm³/mol. The van der Waals surface area contributed by atoms with Gasteiger partial charge in [0, 0.05) is 6.54 Å². The molecule has 0 aliphatic carbocycles. The van der Waals surface area contributed by atoms with E-state index in [-0.39, 0.29) is 5.91 Å². The van der Waals surface area contributed by atoms with E-state index in [4.69, 9.17) is 4.74 Å². The highest BCUT2D eigenvalue weighted by molar-refractivity contribution is 5.85. The molecule has 0 bridgehead atoms. The van der Waals surface area contributed by atoms with Crippen molar-refractivity contribution in [1.82, 2.24) is 10.6 Å². The van der Waals surface area contributed by atoms with Gasteiger partial charge in [0.25, 0.3) is 0 Å². The van der Waals surface area contributed by atoms with Crippen LogP contribution in [-0.4, -0.2) is 30.2 Å². The summed E-state index contributed by atoms with van der Waals surface area (Å²) >= 11 is 0. The van der Waals surface area contributed by atoms with Crippen LogP contribution in [-0.2, 0) is 9.53 Å². The lowest BCUT2D eigenvalue weighted by Crippen LogP contribution is -2.46. The second-order valence-corrected chi connectivity index (χ2v) is 5.04. The fourth-order valence-corrected chi connectivity index (χ4v) is 0.941. The lowest BCUT2D eigenvalue weighted by molar-refractivity contribution is -0.122. The second-order valence-electron chi connectivity index (χ2n) is 5.04. The molecule has 0 saturated carbocycles. The Morgan fingerprint density at radius 3 is 2.29 bits per heavy atom. The number of carbonyl (C=O) groups is 2. The normalized spacial score (nSPS) is 12.5. The third-order valence-corrected chi connectivity index (χ3v) is 1.69. The van der Waals surface area contributed by atoms with Gasteiger partial charge in [-0.15, -0.1) is 0 Å². The van der Waals surface area contributed by atoms with E-state index >= 15 is 0 Å². The van der Waals surface area contributed by atoms with Gasteiger partial charge in [0.1, 0.15) is 11.6 Å². The minimum atomic E-state index is -0.635. The van der Waals surface area contributed by atoms with Crippen molar-refractivity contribution in [2.75, 3.05) is 6.54 Å². The van der Waals surface area contributed by atoms with Gasteiger partial charge in [-0.2, -0.15) is 0 Å². The van der Waals surface area contributed by atoms with E-state index in [0.717, 1.165) is 5.57 Å². The fraction of sp³-hybridized carbons (Fsp3) is 0.667. The number of nitrogens with one attached hydrogen (secondary N) is 2. The van der Waals surface area contributed by atoms with Crippen LogP contribution in [0.3, 0.4) is 0 Å². The minimum absolute atomic E-state index is 0.265. The van der Waals surface area contributed by atoms with Gasteiger partial charge in [0.2, 0.25) is 5.91 Å². The Kier molecular flexibility index (Phi) is 5.71. The SMILES string of the molecule is C=C(C)CNC(=O)C(C)NC(=O)OC(C)(C)C. The van der Waals surface area contributed by atoms with Crippen molar-refractivity contribution >= 4 is 12.0 Å². The van der Waals surface area contributed by atoms with Crippen LogP contribution in [0.2, 0.25) is 0 Å². The largest absolute Gasteiger partial charge is 0.444 e. The summed E-state index contributed by atoms with van der Waals surface area (Å²) < 4.78 is 5.04. The quantitative estimate of drug-likeness (QED) is 0.736. The lowest BCUT2D eigenvalue weighted by atomic mass is 10.2. The molecule has 98 valence electrons. The highest BCUT2D eigenvalue weighted by Gasteiger charge is 2.20. The van der Waals surface area contributed by atoms with Crippen LogP contribution >= 0.6 is 0 Å². The lowest BCUT2D eigenvalue weighted by Gasteiger charge is -2.21. The maximum absolute atomic E-state index is 11.5. The zero-order valence-corrected chi connectivity index (χ0v) is 11.2. The number of alkyl carbamates (subject to hydrolysis) is 1. The summed E-state index contributed by atoms with van der Waals surface area (Å²) in [5.41, 5.74) is 0.278. The molecule has 2 N–H and O–H groups in total. The highest BCUT2D eigenvalue weighted by Crippen LogP contribution is 2.06. The molecule has 0 aliphatic rings. The molecule has 2 amide bonds. The zero-order chi connectivity index (χ0) is 13.6.